The zero-order valence-electron chi connectivity index (χ0n) is 13.6. The molecule has 0 aliphatic heterocycles. The minimum Gasteiger partial charge on any atom is -0.490 e. The number of rotatable bonds is 6. The highest BCUT2D eigenvalue weighted by atomic mass is 35.5. The third kappa shape index (κ3) is 4.73. The molecular weight excluding hydrogens is 312 g/mol. The lowest BCUT2D eigenvalue weighted by Gasteiger charge is -2.22. The fourth-order valence-corrected chi connectivity index (χ4v) is 2.44. The molecule has 122 valence electrons. The molecule has 2 aromatic carbocycles. The summed E-state index contributed by atoms with van der Waals surface area (Å²) in [6.07, 6.45) is 0.733. The highest BCUT2D eigenvalue weighted by molar-refractivity contribution is 6.30. The number of para-hydroxylation sites is 1. The molecule has 0 bridgehead atoms. The molecular formula is C19H21ClO3. The van der Waals surface area contributed by atoms with Gasteiger partial charge in [0.1, 0.15) is 24.7 Å². The largest absolute Gasteiger partial charge is 0.490 e. The van der Waals surface area contributed by atoms with E-state index in [-0.39, 0.29) is 5.41 Å². The molecule has 0 aliphatic rings. The molecule has 0 saturated heterocycles. The Balaban J connectivity index is 1.95. The first-order chi connectivity index (χ1) is 10.9. The number of aldehydes is 1. The molecule has 0 aliphatic carbocycles. The van der Waals surface area contributed by atoms with Crippen molar-refractivity contribution >= 4 is 17.9 Å². The number of hydrogen-bond acceptors (Lipinski definition) is 3. The van der Waals surface area contributed by atoms with E-state index < -0.39 is 0 Å². The molecule has 0 unspecified atom stereocenters. The van der Waals surface area contributed by atoms with Gasteiger partial charge in [0.25, 0.3) is 0 Å². The van der Waals surface area contributed by atoms with Crippen molar-refractivity contribution in [1.29, 1.82) is 0 Å². The summed E-state index contributed by atoms with van der Waals surface area (Å²) in [5.74, 6) is 1.37. The molecule has 2 aromatic rings. The van der Waals surface area contributed by atoms with Crippen LogP contribution in [-0.4, -0.2) is 19.5 Å². The van der Waals surface area contributed by atoms with Crippen LogP contribution in [0, 0.1) is 0 Å². The van der Waals surface area contributed by atoms with Gasteiger partial charge in [0.05, 0.1) is 5.56 Å². The Labute approximate surface area is 142 Å². The molecule has 0 aromatic heterocycles. The maximum absolute atomic E-state index is 11.0. The SMILES string of the molecule is CC(C)(C)c1ccccc1OCCOc1ccc(Cl)cc1C=O. The quantitative estimate of drug-likeness (QED) is 0.557. The van der Waals surface area contributed by atoms with Crippen LogP contribution in [0.4, 0.5) is 0 Å². The van der Waals surface area contributed by atoms with Gasteiger partial charge in [0.2, 0.25) is 0 Å². The summed E-state index contributed by atoms with van der Waals surface area (Å²) >= 11 is 5.86. The van der Waals surface area contributed by atoms with E-state index in [0.29, 0.717) is 29.5 Å². The monoisotopic (exact) mass is 332 g/mol. The molecule has 0 fully saturated rings. The zero-order valence-corrected chi connectivity index (χ0v) is 14.4. The number of carbonyl (C=O) groups excluding carboxylic acids is 1. The molecule has 23 heavy (non-hydrogen) atoms. The Morgan fingerprint density at radius 3 is 2.30 bits per heavy atom. The van der Waals surface area contributed by atoms with E-state index >= 15 is 0 Å². The van der Waals surface area contributed by atoms with Crippen LogP contribution in [0.15, 0.2) is 42.5 Å². The van der Waals surface area contributed by atoms with Crippen molar-refractivity contribution in [2.45, 2.75) is 26.2 Å². The zero-order chi connectivity index (χ0) is 16.9. The smallest absolute Gasteiger partial charge is 0.153 e. The minimum atomic E-state index is 0.0122. The molecule has 0 spiro atoms. The second kappa shape index (κ2) is 7.51. The number of halogens is 1. The van der Waals surface area contributed by atoms with E-state index in [1.54, 1.807) is 18.2 Å². The van der Waals surface area contributed by atoms with Crippen LogP contribution in [0.25, 0.3) is 0 Å². The first-order valence-corrected chi connectivity index (χ1v) is 7.89. The number of ether oxygens (including phenoxy) is 2. The number of benzene rings is 2. The van der Waals surface area contributed by atoms with E-state index in [0.717, 1.165) is 17.6 Å². The predicted octanol–water partition coefficient (Wildman–Crippen LogP) is 4.91. The molecule has 0 amide bonds. The van der Waals surface area contributed by atoms with Gasteiger partial charge in [-0.1, -0.05) is 50.6 Å². The van der Waals surface area contributed by atoms with E-state index in [2.05, 4.69) is 26.8 Å². The maximum Gasteiger partial charge on any atom is 0.153 e. The molecule has 0 heterocycles. The normalized spacial score (nSPS) is 11.1. The lowest BCUT2D eigenvalue weighted by Crippen LogP contribution is -2.16. The summed E-state index contributed by atoms with van der Waals surface area (Å²) in [5, 5.41) is 0.509. The second-order valence-electron chi connectivity index (χ2n) is 6.24. The maximum atomic E-state index is 11.0. The van der Waals surface area contributed by atoms with E-state index in [9.17, 15) is 4.79 Å². The van der Waals surface area contributed by atoms with Crippen molar-refractivity contribution in [1.82, 2.24) is 0 Å². The summed E-state index contributed by atoms with van der Waals surface area (Å²) < 4.78 is 11.5. The Morgan fingerprint density at radius 2 is 1.65 bits per heavy atom. The third-order valence-corrected chi connectivity index (χ3v) is 3.63. The Kier molecular flexibility index (Phi) is 5.67. The van der Waals surface area contributed by atoms with Crippen LogP contribution in [0.3, 0.4) is 0 Å². The first-order valence-electron chi connectivity index (χ1n) is 7.51. The van der Waals surface area contributed by atoms with Gasteiger partial charge < -0.3 is 9.47 Å². The van der Waals surface area contributed by atoms with Gasteiger partial charge in [-0.05, 0) is 35.2 Å². The minimum absolute atomic E-state index is 0.0122. The average molecular weight is 333 g/mol. The fourth-order valence-electron chi connectivity index (χ4n) is 2.26. The standard InChI is InChI=1S/C19H21ClO3/c1-19(2,3)16-6-4-5-7-18(16)23-11-10-22-17-9-8-15(20)12-14(17)13-21/h4-9,12-13H,10-11H2,1-3H3. The molecule has 0 saturated carbocycles. The summed E-state index contributed by atoms with van der Waals surface area (Å²) in [5.41, 5.74) is 1.60. The van der Waals surface area contributed by atoms with Gasteiger partial charge in [0.15, 0.2) is 6.29 Å². The van der Waals surface area contributed by atoms with Gasteiger partial charge in [-0.15, -0.1) is 0 Å². The summed E-state index contributed by atoms with van der Waals surface area (Å²) in [7, 11) is 0. The fraction of sp³-hybridized carbons (Fsp3) is 0.316. The van der Waals surface area contributed by atoms with Gasteiger partial charge in [-0.3, -0.25) is 4.79 Å². The van der Waals surface area contributed by atoms with Crippen LogP contribution in [-0.2, 0) is 5.41 Å². The highest BCUT2D eigenvalue weighted by Crippen LogP contribution is 2.30. The molecule has 4 heteroatoms. The Morgan fingerprint density at radius 1 is 1.00 bits per heavy atom. The topological polar surface area (TPSA) is 35.5 Å². The highest BCUT2D eigenvalue weighted by Gasteiger charge is 2.18. The van der Waals surface area contributed by atoms with Crippen LogP contribution < -0.4 is 9.47 Å². The van der Waals surface area contributed by atoms with Crippen molar-refractivity contribution < 1.29 is 14.3 Å². The van der Waals surface area contributed by atoms with Crippen molar-refractivity contribution in [3.05, 3.63) is 58.6 Å². The van der Waals surface area contributed by atoms with Crippen molar-refractivity contribution in [3.8, 4) is 11.5 Å². The number of hydrogen-bond donors (Lipinski definition) is 0. The van der Waals surface area contributed by atoms with Crippen LogP contribution >= 0.6 is 11.6 Å². The van der Waals surface area contributed by atoms with Gasteiger partial charge in [0, 0.05) is 5.02 Å². The molecule has 0 N–H and O–H groups in total. The summed E-state index contributed by atoms with van der Waals surface area (Å²) in [6.45, 7) is 7.19. The molecule has 3 nitrogen and oxygen atoms in total. The summed E-state index contributed by atoms with van der Waals surface area (Å²) in [6, 6.07) is 13.0. The molecule has 0 radical (unpaired) electrons. The van der Waals surface area contributed by atoms with Crippen molar-refractivity contribution in [2.24, 2.45) is 0 Å². The first kappa shape index (κ1) is 17.4. The lowest BCUT2D eigenvalue weighted by molar-refractivity contribution is 0.111. The van der Waals surface area contributed by atoms with E-state index in [1.807, 2.05) is 18.2 Å². The van der Waals surface area contributed by atoms with E-state index in [1.165, 1.54) is 0 Å². The Bertz CT molecular complexity index is 675. The average Bonchev–Trinajstić information content (AvgIpc) is 2.52. The van der Waals surface area contributed by atoms with Crippen LogP contribution in [0.2, 0.25) is 5.02 Å². The lowest BCUT2D eigenvalue weighted by atomic mass is 9.86. The van der Waals surface area contributed by atoms with Crippen molar-refractivity contribution in [3.63, 3.8) is 0 Å². The van der Waals surface area contributed by atoms with Crippen LogP contribution in [0.1, 0.15) is 36.7 Å². The van der Waals surface area contributed by atoms with Gasteiger partial charge >= 0.3 is 0 Å². The number of carbonyl (C=O) groups is 1. The van der Waals surface area contributed by atoms with Gasteiger partial charge in [-0.2, -0.15) is 0 Å². The second-order valence-corrected chi connectivity index (χ2v) is 6.68. The summed E-state index contributed by atoms with van der Waals surface area (Å²) in [4.78, 5) is 11.0. The van der Waals surface area contributed by atoms with Crippen molar-refractivity contribution in [2.75, 3.05) is 13.2 Å². The predicted molar refractivity (Wildman–Crippen MR) is 93.0 cm³/mol. The molecule has 0 atom stereocenters. The van der Waals surface area contributed by atoms with E-state index in [4.69, 9.17) is 21.1 Å². The van der Waals surface area contributed by atoms with Crippen LogP contribution in [0.5, 0.6) is 11.5 Å². The Hall–Kier alpha value is -2.00. The van der Waals surface area contributed by atoms with Gasteiger partial charge in [-0.25, -0.2) is 0 Å². The molecule has 2 rings (SSSR count). The third-order valence-electron chi connectivity index (χ3n) is 3.39.